The van der Waals surface area contributed by atoms with E-state index in [2.05, 4.69) is 50.2 Å². The van der Waals surface area contributed by atoms with Crippen LogP contribution in [0.5, 0.6) is 5.75 Å². The first kappa shape index (κ1) is 25.0. The molecule has 3 heterocycles. The fraction of sp³-hybridized carbons (Fsp3) is 0.393. The normalized spacial score (nSPS) is 17.1. The lowest BCUT2D eigenvalue weighted by molar-refractivity contribution is -0.120. The molecule has 192 valence electrons. The summed E-state index contributed by atoms with van der Waals surface area (Å²) in [5.41, 5.74) is 4.10. The molecule has 3 aromatic rings. The molecule has 1 aromatic heterocycles. The van der Waals surface area contributed by atoms with Gasteiger partial charge in [-0.3, -0.25) is 4.90 Å². The summed E-state index contributed by atoms with van der Waals surface area (Å²) in [6.45, 7) is 8.72. The zero-order valence-electron chi connectivity index (χ0n) is 21.1. The lowest BCUT2D eigenvalue weighted by Gasteiger charge is -2.37. The number of aromatic nitrogens is 2. The van der Waals surface area contributed by atoms with Crippen LogP contribution in [0.1, 0.15) is 12.5 Å². The first-order valence-corrected chi connectivity index (χ1v) is 12.6. The predicted molar refractivity (Wildman–Crippen MR) is 142 cm³/mol. The fourth-order valence-electron chi connectivity index (χ4n) is 4.52. The molecule has 0 unspecified atom stereocenters. The minimum atomic E-state index is 0.00607. The number of benzene rings is 2. The highest BCUT2D eigenvalue weighted by molar-refractivity contribution is 5.66. The Hall–Kier alpha value is -3.71. The largest absolute Gasteiger partial charge is 0.491 e. The van der Waals surface area contributed by atoms with E-state index in [9.17, 15) is 5.26 Å². The van der Waals surface area contributed by atoms with Crippen LogP contribution in [-0.2, 0) is 4.74 Å². The maximum atomic E-state index is 9.68. The van der Waals surface area contributed by atoms with E-state index >= 15 is 0 Å². The van der Waals surface area contributed by atoms with Gasteiger partial charge in [-0.1, -0.05) is 6.92 Å². The number of hydrogen-bond donors (Lipinski definition) is 2. The molecular weight excluding hydrogens is 468 g/mol. The molecule has 37 heavy (non-hydrogen) atoms. The van der Waals surface area contributed by atoms with E-state index in [0.717, 1.165) is 49.7 Å². The molecule has 2 aromatic carbocycles. The van der Waals surface area contributed by atoms with Gasteiger partial charge in [0.05, 0.1) is 37.7 Å². The van der Waals surface area contributed by atoms with Gasteiger partial charge in [-0.25, -0.2) is 9.97 Å². The van der Waals surface area contributed by atoms with Crippen LogP contribution < -0.4 is 15.0 Å². The summed E-state index contributed by atoms with van der Waals surface area (Å²) in [4.78, 5) is 13.7. The second-order valence-electron chi connectivity index (χ2n) is 9.90. The van der Waals surface area contributed by atoms with E-state index < -0.39 is 0 Å². The average Bonchev–Trinajstić information content (AvgIpc) is 2.92. The summed E-state index contributed by atoms with van der Waals surface area (Å²) in [6, 6.07) is 17.9. The van der Waals surface area contributed by atoms with Crippen molar-refractivity contribution in [3.05, 3.63) is 60.3 Å². The van der Waals surface area contributed by atoms with Gasteiger partial charge >= 0.3 is 0 Å². The van der Waals surface area contributed by atoms with Crippen molar-refractivity contribution in [3.8, 4) is 23.1 Å². The number of rotatable bonds is 9. The lowest BCUT2D eigenvalue weighted by Crippen LogP contribution is -2.47. The van der Waals surface area contributed by atoms with Crippen LogP contribution in [0.4, 0.5) is 17.3 Å². The molecule has 2 fully saturated rings. The van der Waals surface area contributed by atoms with Crippen molar-refractivity contribution in [2.75, 3.05) is 69.4 Å². The van der Waals surface area contributed by atoms with Gasteiger partial charge in [-0.05, 0) is 48.5 Å². The van der Waals surface area contributed by atoms with Gasteiger partial charge in [0.2, 0.25) is 5.95 Å². The van der Waals surface area contributed by atoms with Crippen LogP contribution in [0.3, 0.4) is 0 Å². The van der Waals surface area contributed by atoms with E-state index in [1.54, 1.807) is 12.3 Å². The van der Waals surface area contributed by atoms with Gasteiger partial charge in [-0.15, -0.1) is 0 Å². The fourth-order valence-corrected chi connectivity index (χ4v) is 4.52. The topological polar surface area (TPSA) is 107 Å². The summed E-state index contributed by atoms with van der Waals surface area (Å²) in [5.74, 6) is 1.06. The van der Waals surface area contributed by atoms with Gasteiger partial charge in [-0.2, -0.15) is 5.26 Å². The minimum absolute atomic E-state index is 0.00607. The number of hydrogen-bond acceptors (Lipinski definition) is 9. The molecule has 2 saturated heterocycles. The highest BCUT2D eigenvalue weighted by atomic mass is 16.5. The van der Waals surface area contributed by atoms with E-state index in [0.29, 0.717) is 37.1 Å². The Morgan fingerprint density at radius 1 is 1.11 bits per heavy atom. The van der Waals surface area contributed by atoms with Crippen molar-refractivity contribution in [2.45, 2.75) is 6.92 Å². The third-order valence-electron chi connectivity index (χ3n) is 6.81. The monoisotopic (exact) mass is 500 g/mol. The van der Waals surface area contributed by atoms with Crippen LogP contribution in [0.15, 0.2) is 54.7 Å². The van der Waals surface area contributed by atoms with Crippen molar-refractivity contribution < 1.29 is 14.6 Å². The molecule has 2 N–H and O–H groups in total. The Kier molecular flexibility index (Phi) is 7.51. The van der Waals surface area contributed by atoms with Gasteiger partial charge < -0.3 is 24.8 Å². The number of β-amino-alcohol motifs (C(OH)–C–C–N with tert-alkyl or cyclic N) is 1. The van der Waals surface area contributed by atoms with Crippen LogP contribution in [0.25, 0.3) is 11.3 Å². The predicted octanol–water partition coefficient (Wildman–Crippen LogP) is 3.29. The quantitative estimate of drug-likeness (QED) is 0.458. The molecule has 0 spiro atoms. The third kappa shape index (κ3) is 6.00. The van der Waals surface area contributed by atoms with Crippen molar-refractivity contribution in [2.24, 2.45) is 5.41 Å². The molecule has 9 heteroatoms. The maximum absolute atomic E-state index is 9.68. The molecule has 0 saturated carbocycles. The smallest absolute Gasteiger partial charge is 0.227 e. The highest BCUT2D eigenvalue weighted by Gasteiger charge is 2.34. The summed E-state index contributed by atoms with van der Waals surface area (Å²) in [6.07, 6.45) is 1.71. The number of aliphatic hydroxyl groups excluding tert-OH is 1. The van der Waals surface area contributed by atoms with Crippen molar-refractivity contribution in [1.29, 1.82) is 5.26 Å². The Balaban J connectivity index is 1.23. The molecule has 0 amide bonds. The van der Waals surface area contributed by atoms with Gasteiger partial charge in [0.25, 0.3) is 0 Å². The Morgan fingerprint density at radius 3 is 2.57 bits per heavy atom. The van der Waals surface area contributed by atoms with Gasteiger partial charge in [0.1, 0.15) is 11.8 Å². The standard InChI is InChI=1S/C28H32N6O3/c1-28(18-36-19-28)20-37-26-7-2-21(16-22(26)17-29)25-8-9-30-27(32-25)31-23-3-5-24(6-4-23)34-12-10-33(11-13-34)14-15-35/h2-9,16,35H,10-15,18-20H2,1H3,(H,30,31,32). The number of nitriles is 1. The number of nitrogens with one attached hydrogen (secondary N) is 1. The maximum Gasteiger partial charge on any atom is 0.227 e. The van der Waals surface area contributed by atoms with E-state index in [4.69, 9.17) is 14.6 Å². The van der Waals surface area contributed by atoms with Crippen molar-refractivity contribution in [3.63, 3.8) is 0 Å². The van der Waals surface area contributed by atoms with Crippen molar-refractivity contribution >= 4 is 17.3 Å². The number of nitrogens with zero attached hydrogens (tertiary/aromatic N) is 5. The number of anilines is 3. The zero-order chi connectivity index (χ0) is 25.7. The molecule has 9 nitrogen and oxygen atoms in total. The van der Waals surface area contributed by atoms with Gasteiger partial charge in [0.15, 0.2) is 0 Å². The van der Waals surface area contributed by atoms with Crippen LogP contribution in [0.2, 0.25) is 0 Å². The lowest BCUT2D eigenvalue weighted by atomic mass is 9.90. The first-order valence-electron chi connectivity index (χ1n) is 12.6. The summed E-state index contributed by atoms with van der Waals surface area (Å²) in [7, 11) is 0. The molecule has 5 rings (SSSR count). The van der Waals surface area contributed by atoms with Crippen LogP contribution in [-0.4, -0.2) is 79.1 Å². The summed E-state index contributed by atoms with van der Waals surface area (Å²) >= 11 is 0. The zero-order valence-corrected chi connectivity index (χ0v) is 21.1. The Morgan fingerprint density at radius 2 is 1.89 bits per heavy atom. The third-order valence-corrected chi connectivity index (χ3v) is 6.81. The van der Waals surface area contributed by atoms with E-state index in [1.807, 2.05) is 30.3 Å². The molecule has 0 atom stereocenters. The van der Waals surface area contributed by atoms with E-state index in [-0.39, 0.29) is 12.0 Å². The molecule has 0 bridgehead atoms. The van der Waals surface area contributed by atoms with Crippen LogP contribution >= 0.6 is 0 Å². The second kappa shape index (κ2) is 11.1. The van der Waals surface area contributed by atoms with Crippen LogP contribution in [0, 0.1) is 16.7 Å². The number of ether oxygens (including phenoxy) is 2. The summed E-state index contributed by atoms with van der Waals surface area (Å²) in [5, 5.41) is 22.1. The Bertz CT molecular complexity index is 1250. The number of piperazine rings is 1. The SMILES string of the molecule is CC1(COc2ccc(-c3ccnc(Nc4ccc(N5CCN(CCO)CC5)cc4)n3)cc2C#N)COC1. The van der Waals surface area contributed by atoms with Gasteiger partial charge in [0, 0.05) is 61.3 Å². The second-order valence-corrected chi connectivity index (χ2v) is 9.90. The highest BCUT2D eigenvalue weighted by Crippen LogP contribution is 2.31. The number of aliphatic hydroxyl groups is 1. The van der Waals surface area contributed by atoms with Crippen molar-refractivity contribution in [1.82, 2.24) is 14.9 Å². The summed E-state index contributed by atoms with van der Waals surface area (Å²) < 4.78 is 11.2. The first-order chi connectivity index (χ1) is 18.0. The molecule has 0 aliphatic carbocycles. The minimum Gasteiger partial charge on any atom is -0.491 e. The molecule has 2 aliphatic rings. The van der Waals surface area contributed by atoms with E-state index in [1.165, 1.54) is 5.69 Å². The molecular formula is C28H32N6O3. The molecule has 0 radical (unpaired) electrons. The average molecular weight is 501 g/mol. The molecule has 2 aliphatic heterocycles. The Labute approximate surface area is 217 Å².